The molecule has 3 aromatic rings. The van der Waals surface area contributed by atoms with Gasteiger partial charge >= 0.3 is 0 Å². The summed E-state index contributed by atoms with van der Waals surface area (Å²) >= 11 is 0. The van der Waals surface area contributed by atoms with Crippen LogP contribution >= 0.6 is 0 Å². The molecular formula is C13H11N3O2. The van der Waals surface area contributed by atoms with Crippen molar-refractivity contribution in [1.82, 2.24) is 14.6 Å². The number of aromatic hydroxyl groups is 1. The van der Waals surface area contributed by atoms with Gasteiger partial charge in [-0.2, -0.15) is 9.61 Å². The fourth-order valence-corrected chi connectivity index (χ4v) is 1.92. The van der Waals surface area contributed by atoms with Crippen molar-refractivity contribution in [3.05, 3.63) is 52.4 Å². The van der Waals surface area contributed by atoms with Crippen LogP contribution in [-0.4, -0.2) is 19.7 Å². The Morgan fingerprint density at radius 1 is 1.28 bits per heavy atom. The van der Waals surface area contributed by atoms with Crippen molar-refractivity contribution < 1.29 is 5.11 Å². The maximum Gasteiger partial charge on any atom is 0.257 e. The number of rotatable bonds is 1. The molecule has 90 valence electrons. The van der Waals surface area contributed by atoms with Crippen LogP contribution in [0.3, 0.4) is 0 Å². The molecule has 2 aromatic heterocycles. The predicted molar refractivity (Wildman–Crippen MR) is 67.7 cm³/mol. The number of H-pyrrole nitrogens is 1. The summed E-state index contributed by atoms with van der Waals surface area (Å²) in [5, 5.41) is 14.0. The zero-order chi connectivity index (χ0) is 12.7. The Hall–Kier alpha value is -2.56. The zero-order valence-corrected chi connectivity index (χ0v) is 9.71. The fraction of sp³-hybridized carbons (Fsp3) is 0.0769. The largest absolute Gasteiger partial charge is 0.493 e. The van der Waals surface area contributed by atoms with Crippen LogP contribution < -0.4 is 5.56 Å². The molecule has 0 fully saturated rings. The van der Waals surface area contributed by atoms with Gasteiger partial charge in [0.05, 0.1) is 11.8 Å². The number of benzene rings is 1. The molecule has 0 radical (unpaired) electrons. The van der Waals surface area contributed by atoms with E-state index in [1.54, 1.807) is 13.1 Å². The lowest BCUT2D eigenvalue weighted by atomic mass is 10.1. The number of hydrogen-bond acceptors (Lipinski definition) is 3. The molecule has 0 atom stereocenters. The summed E-state index contributed by atoms with van der Waals surface area (Å²) in [5.74, 6) is -0.129. The molecule has 0 aliphatic heterocycles. The highest BCUT2D eigenvalue weighted by Gasteiger charge is 2.13. The van der Waals surface area contributed by atoms with Gasteiger partial charge in [-0.25, -0.2) is 0 Å². The van der Waals surface area contributed by atoms with Crippen molar-refractivity contribution in [2.45, 2.75) is 6.92 Å². The molecule has 3 rings (SSSR count). The zero-order valence-electron chi connectivity index (χ0n) is 9.71. The molecule has 0 spiro atoms. The molecule has 0 aliphatic carbocycles. The van der Waals surface area contributed by atoms with Gasteiger partial charge in [-0.05, 0) is 12.5 Å². The third-order valence-electron chi connectivity index (χ3n) is 2.96. The standard InChI is InChI=1S/C13H11N3O2/c1-8-12(17)15-11-10(7-14-16(11)13(8)18)9-5-3-2-4-6-9/h2-7,18H,1H3,(H,15,17). The topological polar surface area (TPSA) is 70.4 Å². The summed E-state index contributed by atoms with van der Waals surface area (Å²) in [6, 6.07) is 9.58. The normalized spacial score (nSPS) is 10.9. The predicted octanol–water partition coefficient (Wildman–Crippen LogP) is 1.70. The molecule has 0 aliphatic rings. The Labute approximate surface area is 102 Å². The Balaban J connectivity index is 2.38. The lowest BCUT2D eigenvalue weighted by Crippen LogP contribution is -2.12. The van der Waals surface area contributed by atoms with E-state index >= 15 is 0 Å². The number of aromatic nitrogens is 3. The minimum atomic E-state index is -0.308. The van der Waals surface area contributed by atoms with Crippen molar-refractivity contribution in [3.63, 3.8) is 0 Å². The van der Waals surface area contributed by atoms with Crippen LogP contribution in [0.5, 0.6) is 5.88 Å². The highest BCUT2D eigenvalue weighted by Crippen LogP contribution is 2.24. The molecule has 2 heterocycles. The minimum absolute atomic E-state index is 0.129. The van der Waals surface area contributed by atoms with E-state index in [0.717, 1.165) is 11.1 Å². The highest BCUT2D eigenvalue weighted by atomic mass is 16.3. The lowest BCUT2D eigenvalue weighted by Gasteiger charge is -2.02. The SMILES string of the molecule is Cc1c(O)n2ncc(-c3ccccc3)c2[nH]c1=O. The van der Waals surface area contributed by atoms with E-state index in [4.69, 9.17) is 0 Å². The molecule has 18 heavy (non-hydrogen) atoms. The summed E-state index contributed by atoms with van der Waals surface area (Å²) in [6.45, 7) is 1.55. The Morgan fingerprint density at radius 3 is 2.72 bits per heavy atom. The van der Waals surface area contributed by atoms with E-state index in [2.05, 4.69) is 10.1 Å². The third kappa shape index (κ3) is 1.41. The van der Waals surface area contributed by atoms with Gasteiger partial charge < -0.3 is 10.1 Å². The van der Waals surface area contributed by atoms with Crippen LogP contribution in [0.4, 0.5) is 0 Å². The number of nitrogens with zero attached hydrogens (tertiary/aromatic N) is 2. The second-order valence-electron chi connectivity index (χ2n) is 4.09. The van der Waals surface area contributed by atoms with Crippen molar-refractivity contribution in [2.75, 3.05) is 0 Å². The van der Waals surface area contributed by atoms with E-state index < -0.39 is 0 Å². The third-order valence-corrected chi connectivity index (χ3v) is 2.96. The van der Waals surface area contributed by atoms with Crippen molar-refractivity contribution >= 4 is 5.65 Å². The summed E-state index contributed by atoms with van der Waals surface area (Å²) in [4.78, 5) is 14.4. The van der Waals surface area contributed by atoms with Crippen LogP contribution in [0, 0.1) is 6.92 Å². The van der Waals surface area contributed by atoms with E-state index in [1.807, 2.05) is 30.3 Å². The monoisotopic (exact) mass is 241 g/mol. The van der Waals surface area contributed by atoms with Crippen LogP contribution in [-0.2, 0) is 0 Å². The van der Waals surface area contributed by atoms with Gasteiger partial charge in [-0.1, -0.05) is 30.3 Å². The summed E-state index contributed by atoms with van der Waals surface area (Å²) < 4.78 is 1.33. The Morgan fingerprint density at radius 2 is 2.00 bits per heavy atom. The average molecular weight is 241 g/mol. The van der Waals surface area contributed by atoms with Gasteiger partial charge in [0, 0.05) is 5.56 Å². The minimum Gasteiger partial charge on any atom is -0.493 e. The molecule has 2 N–H and O–H groups in total. The van der Waals surface area contributed by atoms with E-state index in [-0.39, 0.29) is 17.0 Å². The summed E-state index contributed by atoms with van der Waals surface area (Å²) in [6.07, 6.45) is 1.62. The average Bonchev–Trinajstić information content (AvgIpc) is 2.81. The van der Waals surface area contributed by atoms with Gasteiger partial charge in [0.15, 0.2) is 0 Å². The van der Waals surface area contributed by atoms with Crippen LogP contribution in [0.25, 0.3) is 16.8 Å². The summed E-state index contributed by atoms with van der Waals surface area (Å²) in [5.41, 5.74) is 2.16. The molecule has 5 nitrogen and oxygen atoms in total. The van der Waals surface area contributed by atoms with E-state index in [0.29, 0.717) is 5.65 Å². The first-order valence-electron chi connectivity index (χ1n) is 5.53. The quantitative estimate of drug-likeness (QED) is 0.681. The second-order valence-corrected chi connectivity index (χ2v) is 4.09. The lowest BCUT2D eigenvalue weighted by molar-refractivity contribution is 0.429. The number of fused-ring (bicyclic) bond motifs is 1. The molecule has 5 heteroatoms. The van der Waals surface area contributed by atoms with Crippen LogP contribution in [0.1, 0.15) is 5.56 Å². The van der Waals surface area contributed by atoms with Crippen molar-refractivity contribution in [2.24, 2.45) is 0 Å². The second kappa shape index (κ2) is 3.73. The molecular weight excluding hydrogens is 230 g/mol. The summed E-state index contributed by atoms with van der Waals surface area (Å²) in [7, 11) is 0. The highest BCUT2D eigenvalue weighted by molar-refractivity contribution is 5.77. The fourth-order valence-electron chi connectivity index (χ4n) is 1.92. The molecule has 0 bridgehead atoms. The van der Waals surface area contributed by atoms with Gasteiger partial charge in [-0.3, -0.25) is 4.79 Å². The first-order chi connectivity index (χ1) is 8.68. The maximum absolute atomic E-state index is 11.7. The van der Waals surface area contributed by atoms with Gasteiger partial charge in [-0.15, -0.1) is 0 Å². The van der Waals surface area contributed by atoms with E-state index in [1.165, 1.54) is 4.52 Å². The van der Waals surface area contributed by atoms with Crippen molar-refractivity contribution in [1.29, 1.82) is 0 Å². The smallest absolute Gasteiger partial charge is 0.257 e. The molecule has 0 amide bonds. The van der Waals surface area contributed by atoms with Gasteiger partial charge in [0.2, 0.25) is 5.88 Å². The Bertz CT molecular complexity index is 772. The maximum atomic E-state index is 11.7. The van der Waals surface area contributed by atoms with E-state index in [9.17, 15) is 9.90 Å². The number of hydrogen-bond donors (Lipinski definition) is 2. The van der Waals surface area contributed by atoms with Crippen molar-refractivity contribution in [3.8, 4) is 17.0 Å². The molecule has 0 unspecified atom stereocenters. The van der Waals surface area contributed by atoms with Crippen LogP contribution in [0.15, 0.2) is 41.3 Å². The number of nitrogens with one attached hydrogen (secondary N) is 1. The van der Waals surface area contributed by atoms with Gasteiger partial charge in [0.1, 0.15) is 5.65 Å². The number of aromatic amines is 1. The Kier molecular flexibility index (Phi) is 2.19. The van der Waals surface area contributed by atoms with Crippen LogP contribution in [0.2, 0.25) is 0 Å². The van der Waals surface area contributed by atoms with Gasteiger partial charge in [0.25, 0.3) is 5.56 Å². The molecule has 1 aromatic carbocycles. The molecule has 0 saturated heterocycles. The molecule has 0 saturated carbocycles. The first kappa shape index (κ1) is 10.6. The first-order valence-corrected chi connectivity index (χ1v) is 5.53.